The number of hydrogen-bond donors (Lipinski definition) is 0. The summed E-state index contributed by atoms with van der Waals surface area (Å²) in [4.78, 5) is 0. The summed E-state index contributed by atoms with van der Waals surface area (Å²) < 4.78 is 0. The second kappa shape index (κ2) is 34.0. The summed E-state index contributed by atoms with van der Waals surface area (Å²) in [6, 6.07) is 0. The van der Waals surface area contributed by atoms with Crippen LogP contribution >= 0.6 is 0 Å². The van der Waals surface area contributed by atoms with Crippen LogP contribution in [0.25, 0.3) is 0 Å². The van der Waals surface area contributed by atoms with E-state index in [1.165, 1.54) is 25.7 Å². The third kappa shape index (κ3) is 86.2. The highest BCUT2D eigenvalue weighted by Gasteiger charge is 1.75. The third-order valence-corrected chi connectivity index (χ3v) is 0.957. The Labute approximate surface area is 73.0 Å². The molecule has 0 radical (unpaired) electrons. The Morgan fingerprint density at radius 1 is 1.00 bits per heavy atom. The predicted molar refractivity (Wildman–Crippen MR) is 56.9 cm³/mol. The molecule has 0 rings (SSSR count). The fourth-order valence-electron chi connectivity index (χ4n) is 0.500. The molecule has 0 aliphatic rings. The predicted octanol–water partition coefficient (Wildman–Crippen LogP) is 4.58. The van der Waals surface area contributed by atoms with Gasteiger partial charge in [-0.2, -0.15) is 0 Å². The maximum atomic E-state index is 3.36. The van der Waals surface area contributed by atoms with Crippen LogP contribution in [0.15, 0.2) is 25.8 Å². The highest BCUT2D eigenvalue weighted by molar-refractivity contribution is 4.51. The summed E-state index contributed by atoms with van der Waals surface area (Å²) in [5.74, 6) is 0. The van der Waals surface area contributed by atoms with Crippen molar-refractivity contribution in [3.63, 3.8) is 0 Å². The summed E-state index contributed by atoms with van der Waals surface area (Å²) >= 11 is 0. The topological polar surface area (TPSA) is 0 Å². The summed E-state index contributed by atoms with van der Waals surface area (Å²) in [6.45, 7) is 15.7. The van der Waals surface area contributed by atoms with Gasteiger partial charge >= 0.3 is 0 Å². The number of rotatable bonds is 3. The molecule has 0 spiro atoms. The van der Waals surface area contributed by atoms with Gasteiger partial charge < -0.3 is 0 Å². The van der Waals surface area contributed by atoms with Crippen LogP contribution < -0.4 is 0 Å². The van der Waals surface area contributed by atoms with Crippen LogP contribution in [0.2, 0.25) is 0 Å². The van der Waals surface area contributed by atoms with Crippen molar-refractivity contribution in [1.29, 1.82) is 0 Å². The Bertz CT molecular complexity index is 42.0. The minimum atomic E-state index is 1.36. The van der Waals surface area contributed by atoms with E-state index in [-0.39, 0.29) is 0 Å². The molecule has 0 saturated heterocycles. The Balaban J connectivity index is -0.000000109. The first-order valence-corrected chi connectivity index (χ1v) is 4.40. The monoisotopic (exact) mass is 156 g/mol. The average molecular weight is 156 g/mol. The second-order valence-corrected chi connectivity index (χ2v) is 2.12. The van der Waals surface area contributed by atoms with Gasteiger partial charge in [0.2, 0.25) is 0 Å². The van der Waals surface area contributed by atoms with Gasteiger partial charge in [0.15, 0.2) is 0 Å². The molecule has 0 heteroatoms. The first-order valence-electron chi connectivity index (χ1n) is 4.40. The highest BCUT2D eigenvalue weighted by atomic mass is 13.8. The molecule has 0 unspecified atom stereocenters. The number of unbranched alkanes of at least 4 members (excludes halogenated alkanes) is 3. The van der Waals surface area contributed by atoms with Crippen LogP contribution in [0.1, 0.15) is 46.5 Å². The van der Waals surface area contributed by atoms with Crippen molar-refractivity contribution in [3.05, 3.63) is 25.8 Å². The van der Waals surface area contributed by atoms with Crippen molar-refractivity contribution >= 4 is 0 Å². The van der Waals surface area contributed by atoms with Crippen LogP contribution in [-0.2, 0) is 0 Å². The van der Waals surface area contributed by atoms with Crippen molar-refractivity contribution in [3.8, 4) is 0 Å². The molecule has 0 heterocycles. The first kappa shape index (κ1) is 16.8. The number of allylic oxidation sites excluding steroid dienone is 1. The Hall–Kier alpha value is -0.520. The van der Waals surface area contributed by atoms with E-state index in [2.05, 4.69) is 33.6 Å². The van der Waals surface area contributed by atoms with E-state index in [1.54, 1.807) is 6.08 Å². The van der Waals surface area contributed by atoms with Crippen LogP contribution in [0, 0.1) is 0 Å². The van der Waals surface area contributed by atoms with E-state index in [9.17, 15) is 0 Å². The fourth-order valence-corrected chi connectivity index (χ4v) is 0.500. The summed E-state index contributed by atoms with van der Waals surface area (Å²) in [7, 11) is 0. The molecule has 0 atom stereocenters. The lowest BCUT2D eigenvalue weighted by Crippen LogP contribution is -1.66. The summed E-state index contributed by atoms with van der Waals surface area (Å²) in [5, 5.41) is 0. The molecule has 0 N–H and O–H groups in total. The lowest BCUT2D eigenvalue weighted by molar-refractivity contribution is 0.702. The van der Waals surface area contributed by atoms with Crippen LogP contribution in [-0.4, -0.2) is 0 Å². The molecule has 0 aromatic heterocycles. The van der Waals surface area contributed by atoms with Crippen molar-refractivity contribution < 1.29 is 0 Å². The molecule has 0 nitrogen and oxygen atoms in total. The zero-order chi connectivity index (χ0) is 9.54. The van der Waals surface area contributed by atoms with Gasteiger partial charge in [-0.15, -0.1) is 19.7 Å². The van der Waals surface area contributed by atoms with E-state index < -0.39 is 0 Å². The molecule has 0 aromatic rings. The molecule has 0 aromatic carbocycles. The Morgan fingerprint density at radius 3 is 1.27 bits per heavy atom. The van der Waals surface area contributed by atoms with Crippen molar-refractivity contribution in [1.82, 2.24) is 0 Å². The smallest absolute Gasteiger partial charge is 0.0473 e. The van der Waals surface area contributed by atoms with Crippen molar-refractivity contribution in [2.45, 2.75) is 46.5 Å². The molecule has 0 aliphatic carbocycles. The highest BCUT2D eigenvalue weighted by Crippen LogP contribution is 1.95. The van der Waals surface area contributed by atoms with Gasteiger partial charge in [0.25, 0.3) is 0 Å². The molecule has 0 aliphatic heterocycles. The summed E-state index contributed by atoms with van der Waals surface area (Å²) in [5.41, 5.74) is 0. The molecular formula is C11H24. The molecule has 0 amide bonds. The van der Waals surface area contributed by atoms with Gasteiger partial charge in [-0.05, 0) is 6.92 Å². The van der Waals surface area contributed by atoms with Crippen molar-refractivity contribution in [2.24, 2.45) is 0 Å². The largest absolute Gasteiger partial charge is 0.106 e. The molecule has 11 heavy (non-hydrogen) atoms. The van der Waals surface area contributed by atoms with Gasteiger partial charge in [-0.25, -0.2) is 0 Å². The molecule has 0 saturated carbocycles. The Kier molecular flexibility index (Phi) is 52.0. The molecular weight excluding hydrogens is 132 g/mol. The van der Waals surface area contributed by atoms with E-state index >= 15 is 0 Å². The van der Waals surface area contributed by atoms with E-state index in [0.29, 0.717) is 0 Å². The molecule has 0 fully saturated rings. The van der Waals surface area contributed by atoms with Gasteiger partial charge in [-0.1, -0.05) is 45.6 Å². The minimum absolute atomic E-state index is 1.36. The van der Waals surface area contributed by atoms with Gasteiger partial charge in [0.05, 0.1) is 0 Å². The fraction of sp³-hybridized carbons (Fsp3) is 0.636. The maximum Gasteiger partial charge on any atom is -0.0473 e. The SMILES string of the molecule is C=C.C=CC.CCCCCC. The van der Waals surface area contributed by atoms with E-state index in [1.807, 2.05) is 6.92 Å². The van der Waals surface area contributed by atoms with E-state index in [4.69, 9.17) is 0 Å². The van der Waals surface area contributed by atoms with Gasteiger partial charge in [-0.3, -0.25) is 0 Å². The lowest BCUT2D eigenvalue weighted by Gasteiger charge is -1.86. The lowest BCUT2D eigenvalue weighted by atomic mass is 10.2. The van der Waals surface area contributed by atoms with Gasteiger partial charge in [0, 0.05) is 0 Å². The molecule has 68 valence electrons. The van der Waals surface area contributed by atoms with Crippen molar-refractivity contribution in [2.75, 3.05) is 0 Å². The third-order valence-electron chi connectivity index (χ3n) is 0.957. The Morgan fingerprint density at radius 2 is 1.18 bits per heavy atom. The maximum absolute atomic E-state index is 3.36. The molecule has 0 bridgehead atoms. The normalized spacial score (nSPS) is 6.45. The number of hydrogen-bond acceptors (Lipinski definition) is 0. The minimum Gasteiger partial charge on any atom is -0.106 e. The summed E-state index contributed by atoms with van der Waals surface area (Å²) in [6.07, 6.45) is 7.29. The van der Waals surface area contributed by atoms with E-state index in [0.717, 1.165) is 0 Å². The standard InChI is InChI=1S/C6H14.C3H6.C2H4/c1-3-5-6-4-2;1-3-2;1-2/h3-6H2,1-2H3;3H,1H2,2H3;1-2H2. The first-order chi connectivity index (χ1) is 5.33. The zero-order valence-corrected chi connectivity index (χ0v) is 8.53. The van der Waals surface area contributed by atoms with Crippen LogP contribution in [0.4, 0.5) is 0 Å². The average Bonchev–Trinajstić information content (AvgIpc) is 2.06. The van der Waals surface area contributed by atoms with Crippen LogP contribution in [0.5, 0.6) is 0 Å². The zero-order valence-electron chi connectivity index (χ0n) is 8.53. The second-order valence-electron chi connectivity index (χ2n) is 2.12. The van der Waals surface area contributed by atoms with Gasteiger partial charge in [0.1, 0.15) is 0 Å². The quantitative estimate of drug-likeness (QED) is 0.414. The van der Waals surface area contributed by atoms with Crippen LogP contribution in [0.3, 0.4) is 0 Å².